The van der Waals surface area contributed by atoms with Crippen LogP contribution in [0.15, 0.2) is 24.3 Å². The van der Waals surface area contributed by atoms with Crippen LogP contribution >= 0.6 is 0 Å². The highest BCUT2D eigenvalue weighted by molar-refractivity contribution is 5.99. The summed E-state index contributed by atoms with van der Waals surface area (Å²) < 4.78 is 26.3. The first kappa shape index (κ1) is 18.3. The topological polar surface area (TPSA) is 56.4 Å². The molecular weight excluding hydrogens is 340 g/mol. The van der Waals surface area contributed by atoms with E-state index in [9.17, 15) is 18.4 Å². The zero-order chi connectivity index (χ0) is 18.8. The number of hydrogen-bond acceptors (Lipinski definition) is 3. The maximum atomic E-state index is 13.3. The van der Waals surface area contributed by atoms with Gasteiger partial charge in [-0.1, -0.05) is 0 Å². The van der Waals surface area contributed by atoms with Crippen molar-refractivity contribution in [2.75, 3.05) is 32.7 Å². The summed E-state index contributed by atoms with van der Waals surface area (Å²) in [5.41, 5.74) is 2.64. The van der Waals surface area contributed by atoms with Crippen molar-refractivity contribution in [2.45, 2.75) is 13.8 Å². The fourth-order valence-electron chi connectivity index (χ4n) is 3.22. The van der Waals surface area contributed by atoms with E-state index >= 15 is 0 Å². The van der Waals surface area contributed by atoms with Gasteiger partial charge in [0.15, 0.2) is 17.4 Å². The number of hydrogen-bond donors (Lipinski definition) is 1. The molecule has 1 aromatic heterocycles. The van der Waals surface area contributed by atoms with Crippen LogP contribution in [0.2, 0.25) is 0 Å². The fourth-order valence-corrected chi connectivity index (χ4v) is 3.22. The molecule has 1 aromatic carbocycles. The Morgan fingerprint density at radius 3 is 2.31 bits per heavy atom. The van der Waals surface area contributed by atoms with Crippen LogP contribution < -0.4 is 0 Å². The summed E-state index contributed by atoms with van der Waals surface area (Å²) in [6, 6.07) is 5.01. The number of carbonyl (C=O) groups excluding carboxylic acids is 2. The van der Waals surface area contributed by atoms with Gasteiger partial charge in [0.25, 0.3) is 5.91 Å². The van der Waals surface area contributed by atoms with Gasteiger partial charge in [-0.2, -0.15) is 0 Å². The molecule has 0 unspecified atom stereocenters. The minimum Gasteiger partial charge on any atom is -0.362 e. The van der Waals surface area contributed by atoms with E-state index < -0.39 is 11.6 Å². The molecule has 0 bridgehead atoms. The number of H-pyrrole nitrogens is 1. The Balaban J connectivity index is 1.57. The van der Waals surface area contributed by atoms with Crippen molar-refractivity contribution in [1.29, 1.82) is 0 Å². The lowest BCUT2D eigenvalue weighted by molar-refractivity contribution is 0.0624. The van der Waals surface area contributed by atoms with Gasteiger partial charge >= 0.3 is 0 Å². The standard InChI is InChI=1S/C19H21F2N3O2/c1-12-9-15(13(2)22-12)18(25)11-23-5-7-24(8-6-23)19(26)14-3-4-16(20)17(21)10-14/h3-4,9-10,22H,5-8,11H2,1-2H3. The molecule has 26 heavy (non-hydrogen) atoms. The van der Waals surface area contributed by atoms with Crippen molar-refractivity contribution < 1.29 is 18.4 Å². The number of nitrogens with one attached hydrogen (secondary N) is 1. The highest BCUT2D eigenvalue weighted by atomic mass is 19.2. The molecule has 1 N–H and O–H groups in total. The number of benzene rings is 1. The molecule has 1 aliphatic heterocycles. The number of aryl methyl sites for hydroxylation is 2. The van der Waals surface area contributed by atoms with Crippen molar-refractivity contribution in [1.82, 2.24) is 14.8 Å². The van der Waals surface area contributed by atoms with E-state index in [4.69, 9.17) is 0 Å². The minimum absolute atomic E-state index is 0.0484. The van der Waals surface area contributed by atoms with Crippen molar-refractivity contribution in [2.24, 2.45) is 0 Å². The van der Waals surface area contributed by atoms with Gasteiger partial charge in [-0.25, -0.2) is 8.78 Å². The maximum Gasteiger partial charge on any atom is 0.254 e. The smallest absolute Gasteiger partial charge is 0.254 e. The van der Waals surface area contributed by atoms with Crippen LogP contribution in [-0.4, -0.2) is 59.2 Å². The third-order valence-corrected chi connectivity index (χ3v) is 4.64. The monoisotopic (exact) mass is 361 g/mol. The van der Waals surface area contributed by atoms with Crippen LogP contribution in [0.4, 0.5) is 8.78 Å². The first-order chi connectivity index (χ1) is 12.3. The molecule has 0 radical (unpaired) electrons. The number of carbonyl (C=O) groups is 2. The van der Waals surface area contributed by atoms with E-state index in [2.05, 4.69) is 4.98 Å². The summed E-state index contributed by atoms with van der Waals surface area (Å²) in [6.45, 7) is 6.08. The van der Waals surface area contributed by atoms with Crippen LogP contribution in [0.25, 0.3) is 0 Å². The summed E-state index contributed by atoms with van der Waals surface area (Å²) in [7, 11) is 0. The minimum atomic E-state index is -1.03. The number of aromatic nitrogens is 1. The molecule has 1 aliphatic rings. The van der Waals surface area contributed by atoms with E-state index in [-0.39, 0.29) is 17.3 Å². The summed E-state index contributed by atoms with van der Waals surface area (Å²) in [4.78, 5) is 31.6. The van der Waals surface area contributed by atoms with Crippen molar-refractivity contribution in [3.8, 4) is 0 Å². The highest BCUT2D eigenvalue weighted by Gasteiger charge is 2.24. The Bertz CT molecular complexity index is 839. The molecule has 3 rings (SSSR count). The molecular formula is C19H21F2N3O2. The van der Waals surface area contributed by atoms with Crippen molar-refractivity contribution >= 4 is 11.7 Å². The lowest BCUT2D eigenvalue weighted by Crippen LogP contribution is -2.49. The number of amides is 1. The molecule has 2 heterocycles. The summed E-state index contributed by atoms with van der Waals surface area (Å²) >= 11 is 0. The van der Waals surface area contributed by atoms with E-state index in [0.717, 1.165) is 23.5 Å². The van der Waals surface area contributed by atoms with Gasteiger partial charge in [0, 0.05) is 48.7 Å². The van der Waals surface area contributed by atoms with Crippen LogP contribution in [-0.2, 0) is 0 Å². The lowest BCUT2D eigenvalue weighted by Gasteiger charge is -2.34. The molecule has 1 saturated heterocycles. The van der Waals surface area contributed by atoms with Crippen LogP contribution in [0.3, 0.4) is 0 Å². The zero-order valence-electron chi connectivity index (χ0n) is 14.8. The molecule has 138 valence electrons. The zero-order valence-corrected chi connectivity index (χ0v) is 14.8. The Hall–Kier alpha value is -2.54. The predicted molar refractivity (Wildman–Crippen MR) is 93.3 cm³/mol. The quantitative estimate of drug-likeness (QED) is 0.852. The molecule has 1 fully saturated rings. The summed E-state index contributed by atoms with van der Waals surface area (Å²) in [5, 5.41) is 0. The molecule has 1 amide bonds. The van der Waals surface area contributed by atoms with E-state index in [1.165, 1.54) is 6.07 Å². The van der Waals surface area contributed by atoms with E-state index in [1.54, 1.807) is 4.90 Å². The first-order valence-corrected chi connectivity index (χ1v) is 8.51. The average molecular weight is 361 g/mol. The number of rotatable bonds is 4. The summed E-state index contributed by atoms with van der Waals surface area (Å²) in [6.07, 6.45) is 0. The molecule has 0 spiro atoms. The van der Waals surface area contributed by atoms with E-state index in [0.29, 0.717) is 38.3 Å². The number of Topliss-reactive ketones (excluding diaryl/α,β-unsaturated/α-hetero) is 1. The molecule has 5 nitrogen and oxygen atoms in total. The van der Waals surface area contributed by atoms with Crippen molar-refractivity contribution in [3.05, 3.63) is 58.4 Å². The van der Waals surface area contributed by atoms with Gasteiger partial charge in [-0.05, 0) is 38.1 Å². The molecule has 0 saturated carbocycles. The normalized spacial score (nSPS) is 15.3. The average Bonchev–Trinajstić information content (AvgIpc) is 2.96. The van der Waals surface area contributed by atoms with E-state index in [1.807, 2.05) is 24.8 Å². The molecule has 7 heteroatoms. The van der Waals surface area contributed by atoms with Crippen LogP contribution in [0, 0.1) is 25.5 Å². The highest BCUT2D eigenvalue weighted by Crippen LogP contribution is 2.14. The van der Waals surface area contributed by atoms with Gasteiger partial charge < -0.3 is 9.88 Å². The number of ketones is 1. The number of nitrogens with zero attached hydrogens (tertiary/aromatic N) is 2. The number of aromatic amines is 1. The Morgan fingerprint density at radius 1 is 1.04 bits per heavy atom. The fraction of sp³-hybridized carbons (Fsp3) is 0.368. The molecule has 0 atom stereocenters. The van der Waals surface area contributed by atoms with Gasteiger partial charge in [-0.15, -0.1) is 0 Å². The molecule has 0 aliphatic carbocycles. The Morgan fingerprint density at radius 2 is 1.73 bits per heavy atom. The SMILES string of the molecule is Cc1cc(C(=O)CN2CCN(C(=O)c3ccc(F)c(F)c3)CC2)c(C)[nH]1. The third-order valence-electron chi connectivity index (χ3n) is 4.64. The second-order valence-corrected chi connectivity index (χ2v) is 6.61. The van der Waals surface area contributed by atoms with Crippen LogP contribution in [0.1, 0.15) is 32.1 Å². The second kappa shape index (κ2) is 7.37. The number of piperazine rings is 1. The molecule has 2 aromatic rings. The van der Waals surface area contributed by atoms with Crippen LogP contribution in [0.5, 0.6) is 0 Å². The largest absolute Gasteiger partial charge is 0.362 e. The number of halogens is 2. The maximum absolute atomic E-state index is 13.3. The van der Waals surface area contributed by atoms with Crippen molar-refractivity contribution in [3.63, 3.8) is 0 Å². The van der Waals surface area contributed by atoms with Gasteiger partial charge in [0.2, 0.25) is 0 Å². The third kappa shape index (κ3) is 3.83. The van der Waals surface area contributed by atoms with Gasteiger partial charge in [0.05, 0.1) is 6.54 Å². The first-order valence-electron chi connectivity index (χ1n) is 8.51. The summed E-state index contributed by atoms with van der Waals surface area (Å²) in [5.74, 6) is -2.28. The van der Waals surface area contributed by atoms with Gasteiger partial charge in [0.1, 0.15) is 0 Å². The Kier molecular flexibility index (Phi) is 5.18. The van der Waals surface area contributed by atoms with Gasteiger partial charge in [-0.3, -0.25) is 14.5 Å². The lowest BCUT2D eigenvalue weighted by atomic mass is 10.1. The Labute approximate surface area is 150 Å². The second-order valence-electron chi connectivity index (χ2n) is 6.61. The predicted octanol–water partition coefficient (Wildman–Crippen LogP) is 2.55.